The van der Waals surface area contributed by atoms with Crippen LogP contribution in [0.4, 0.5) is 13.2 Å². The van der Waals surface area contributed by atoms with Crippen LogP contribution in [0.3, 0.4) is 0 Å². The van der Waals surface area contributed by atoms with Crippen LogP contribution in [0.2, 0.25) is 0 Å². The summed E-state index contributed by atoms with van der Waals surface area (Å²) in [5.41, 5.74) is 1.02. The summed E-state index contributed by atoms with van der Waals surface area (Å²) in [6, 6.07) is 7.22. The number of ether oxygens (including phenoxy) is 1. The molecule has 0 spiro atoms. The van der Waals surface area contributed by atoms with Gasteiger partial charge in [0.05, 0.1) is 5.69 Å². The summed E-state index contributed by atoms with van der Waals surface area (Å²) < 4.78 is 43.1. The molecule has 10 heteroatoms. The fourth-order valence-corrected chi connectivity index (χ4v) is 3.09. The summed E-state index contributed by atoms with van der Waals surface area (Å²) in [5.74, 6) is 0.357. The molecule has 2 unspecified atom stereocenters. The molecular weight excluding hydrogens is 395 g/mol. The number of benzene rings is 1. The van der Waals surface area contributed by atoms with Crippen molar-refractivity contribution in [3.63, 3.8) is 0 Å². The minimum absolute atomic E-state index is 0.00893. The molecule has 6 nitrogen and oxygen atoms in total. The second-order valence-corrected chi connectivity index (χ2v) is 7.07. The molecular formula is C18H22F3N3O3S. The number of nitrogens with zero attached hydrogens (tertiary/aromatic N) is 1. The van der Waals surface area contributed by atoms with Crippen LogP contribution < -0.4 is 15.4 Å². The van der Waals surface area contributed by atoms with Crippen LogP contribution in [-0.2, 0) is 17.4 Å². The summed E-state index contributed by atoms with van der Waals surface area (Å²) in [6.45, 7) is 1.94. The first-order chi connectivity index (χ1) is 13.2. The molecule has 154 valence electrons. The van der Waals surface area contributed by atoms with E-state index in [1.807, 2.05) is 19.1 Å². The van der Waals surface area contributed by atoms with Gasteiger partial charge in [-0.25, -0.2) is 4.98 Å². The number of thiazole rings is 1. The highest BCUT2D eigenvalue weighted by Gasteiger charge is 2.35. The Morgan fingerprint density at radius 1 is 1.32 bits per heavy atom. The van der Waals surface area contributed by atoms with E-state index in [0.717, 1.165) is 5.56 Å². The first kappa shape index (κ1) is 22.1. The fraction of sp³-hybridized carbons (Fsp3) is 0.444. The van der Waals surface area contributed by atoms with Crippen LogP contribution in [0.25, 0.3) is 0 Å². The quantitative estimate of drug-likeness (QED) is 0.584. The van der Waals surface area contributed by atoms with Gasteiger partial charge in [0, 0.05) is 25.0 Å². The van der Waals surface area contributed by atoms with Gasteiger partial charge in [-0.1, -0.05) is 12.1 Å². The zero-order valence-electron chi connectivity index (χ0n) is 15.4. The summed E-state index contributed by atoms with van der Waals surface area (Å²) >= 11 is 0.469. The first-order valence-electron chi connectivity index (χ1n) is 8.55. The lowest BCUT2D eigenvalue weighted by atomic mass is 10.1. The molecule has 2 aromatic rings. The second kappa shape index (κ2) is 9.85. The predicted octanol–water partition coefficient (Wildman–Crippen LogP) is 2.54. The Labute approximate surface area is 164 Å². The molecule has 3 N–H and O–H groups in total. The van der Waals surface area contributed by atoms with E-state index in [9.17, 15) is 23.1 Å². The normalized spacial score (nSPS) is 13.8. The lowest BCUT2D eigenvalue weighted by Gasteiger charge is -2.16. The number of amides is 1. The molecule has 1 aromatic heterocycles. The van der Waals surface area contributed by atoms with Crippen LogP contribution in [0.1, 0.15) is 29.3 Å². The fourth-order valence-electron chi connectivity index (χ4n) is 2.36. The number of carbonyl (C=O) groups is 1. The minimum atomic E-state index is -4.50. The van der Waals surface area contributed by atoms with Crippen LogP contribution in [0.5, 0.6) is 5.75 Å². The average Bonchev–Trinajstić information content (AvgIpc) is 3.16. The SMILES string of the molecule is CNC(=O)COc1ccc(CC(C)NCC(O)c2csc(C(F)(F)F)n2)cc1. The number of aromatic nitrogens is 1. The van der Waals surface area contributed by atoms with Crippen molar-refractivity contribution in [1.29, 1.82) is 0 Å². The number of hydrogen-bond acceptors (Lipinski definition) is 6. The van der Waals surface area contributed by atoms with Crippen LogP contribution in [0.15, 0.2) is 29.6 Å². The second-order valence-electron chi connectivity index (χ2n) is 6.21. The van der Waals surface area contributed by atoms with E-state index >= 15 is 0 Å². The smallest absolute Gasteiger partial charge is 0.443 e. The Balaban J connectivity index is 1.79. The van der Waals surface area contributed by atoms with Crippen molar-refractivity contribution in [3.8, 4) is 5.75 Å². The Bertz CT molecular complexity index is 765. The largest absolute Gasteiger partial charge is 0.484 e. The Kier molecular flexibility index (Phi) is 7.78. The van der Waals surface area contributed by atoms with Crippen molar-refractivity contribution in [1.82, 2.24) is 15.6 Å². The Morgan fingerprint density at radius 3 is 2.57 bits per heavy atom. The highest BCUT2D eigenvalue weighted by molar-refractivity contribution is 7.09. The van der Waals surface area contributed by atoms with Gasteiger partial charge in [0.1, 0.15) is 11.9 Å². The van der Waals surface area contributed by atoms with Crippen molar-refractivity contribution in [2.24, 2.45) is 0 Å². The van der Waals surface area contributed by atoms with E-state index in [0.29, 0.717) is 23.5 Å². The van der Waals surface area contributed by atoms with Gasteiger partial charge in [0.2, 0.25) is 0 Å². The standard InChI is InChI=1S/C18H22F3N3O3S/c1-11(7-12-3-5-13(6-4-12)27-9-16(26)22-2)23-8-15(25)14-10-28-17(24-14)18(19,20)21/h3-6,10-11,15,23,25H,7-9H2,1-2H3,(H,22,26). The van der Waals surface area contributed by atoms with E-state index in [-0.39, 0.29) is 30.8 Å². The third kappa shape index (κ3) is 6.77. The summed E-state index contributed by atoms with van der Waals surface area (Å²) in [6.07, 6.45) is -4.97. The van der Waals surface area contributed by atoms with Crippen molar-refractivity contribution < 1.29 is 27.8 Å². The van der Waals surface area contributed by atoms with Gasteiger partial charge in [-0.05, 0) is 31.0 Å². The maximum absolute atomic E-state index is 12.6. The molecule has 1 amide bonds. The number of hydrogen-bond donors (Lipinski definition) is 3. The maximum Gasteiger partial charge on any atom is 0.443 e. The summed E-state index contributed by atoms with van der Waals surface area (Å²) in [5, 5.41) is 15.8. The monoisotopic (exact) mass is 417 g/mol. The number of aliphatic hydroxyl groups excluding tert-OH is 1. The summed E-state index contributed by atoms with van der Waals surface area (Å²) in [4.78, 5) is 14.6. The number of aliphatic hydroxyl groups is 1. The van der Waals surface area contributed by atoms with Gasteiger partial charge in [-0.15, -0.1) is 11.3 Å². The molecule has 0 aliphatic carbocycles. The van der Waals surface area contributed by atoms with Gasteiger partial charge in [-0.3, -0.25) is 4.79 Å². The lowest BCUT2D eigenvalue weighted by Crippen LogP contribution is -2.32. The third-order valence-electron chi connectivity index (χ3n) is 3.88. The van der Waals surface area contributed by atoms with E-state index in [2.05, 4.69) is 15.6 Å². The number of carbonyl (C=O) groups excluding carboxylic acids is 1. The minimum Gasteiger partial charge on any atom is -0.484 e. The van der Waals surface area contributed by atoms with Crippen molar-refractivity contribution >= 4 is 17.2 Å². The van der Waals surface area contributed by atoms with E-state index in [1.165, 1.54) is 12.4 Å². The highest BCUT2D eigenvalue weighted by Crippen LogP contribution is 2.32. The van der Waals surface area contributed by atoms with Gasteiger partial charge in [-0.2, -0.15) is 13.2 Å². The highest BCUT2D eigenvalue weighted by atomic mass is 32.1. The molecule has 0 fully saturated rings. The first-order valence-corrected chi connectivity index (χ1v) is 9.43. The molecule has 0 radical (unpaired) electrons. The Morgan fingerprint density at radius 2 is 2.00 bits per heavy atom. The number of nitrogens with one attached hydrogen (secondary N) is 2. The van der Waals surface area contributed by atoms with Crippen LogP contribution in [0, 0.1) is 0 Å². The number of halogens is 3. The van der Waals surface area contributed by atoms with Gasteiger partial charge < -0.3 is 20.5 Å². The maximum atomic E-state index is 12.6. The molecule has 2 atom stereocenters. The van der Waals surface area contributed by atoms with E-state index in [4.69, 9.17) is 4.74 Å². The van der Waals surface area contributed by atoms with Gasteiger partial charge >= 0.3 is 6.18 Å². The number of likely N-dealkylation sites (N-methyl/N-ethyl adjacent to an activating group) is 1. The summed E-state index contributed by atoms with van der Waals surface area (Å²) in [7, 11) is 1.53. The van der Waals surface area contributed by atoms with E-state index < -0.39 is 17.3 Å². The number of rotatable bonds is 9. The zero-order chi connectivity index (χ0) is 20.7. The van der Waals surface area contributed by atoms with Crippen molar-refractivity contribution in [3.05, 3.63) is 45.9 Å². The molecule has 28 heavy (non-hydrogen) atoms. The molecule has 0 saturated heterocycles. The van der Waals surface area contributed by atoms with Gasteiger partial charge in [0.25, 0.3) is 5.91 Å². The predicted molar refractivity (Wildman–Crippen MR) is 99.2 cm³/mol. The average molecular weight is 417 g/mol. The van der Waals surface area contributed by atoms with Gasteiger partial charge in [0.15, 0.2) is 11.6 Å². The van der Waals surface area contributed by atoms with Crippen LogP contribution in [-0.4, -0.2) is 42.2 Å². The molecule has 1 heterocycles. The zero-order valence-corrected chi connectivity index (χ0v) is 16.2. The Hall–Kier alpha value is -2.17. The molecule has 0 bridgehead atoms. The van der Waals surface area contributed by atoms with E-state index in [1.54, 1.807) is 12.1 Å². The number of alkyl halides is 3. The molecule has 2 rings (SSSR count). The molecule has 0 aliphatic heterocycles. The van der Waals surface area contributed by atoms with Crippen molar-refractivity contribution in [2.75, 3.05) is 20.2 Å². The van der Waals surface area contributed by atoms with Crippen LogP contribution >= 0.6 is 11.3 Å². The molecule has 1 aromatic carbocycles. The molecule has 0 aliphatic rings. The third-order valence-corrected chi connectivity index (χ3v) is 4.78. The lowest BCUT2D eigenvalue weighted by molar-refractivity contribution is -0.137. The van der Waals surface area contributed by atoms with Crippen molar-refractivity contribution in [2.45, 2.75) is 31.7 Å². The molecule has 0 saturated carbocycles. The topological polar surface area (TPSA) is 83.5 Å².